The molecule has 2 heteroatoms. The second-order valence-corrected chi connectivity index (χ2v) is 5.12. The first-order valence-electron chi connectivity index (χ1n) is 5.38. The maximum Gasteiger partial charge on any atom is 0.253 e. The van der Waals surface area contributed by atoms with Gasteiger partial charge in [-0.1, -0.05) is 32.9 Å². The van der Waals surface area contributed by atoms with Crippen molar-refractivity contribution >= 4 is 5.91 Å². The number of benzene rings is 1. The summed E-state index contributed by atoms with van der Waals surface area (Å²) in [6, 6.07) is 7.97. The van der Waals surface area contributed by atoms with Crippen molar-refractivity contribution < 1.29 is 4.79 Å². The number of rotatable bonds is 1. The van der Waals surface area contributed by atoms with Crippen LogP contribution in [0.3, 0.4) is 0 Å². The molecule has 1 fully saturated rings. The first kappa shape index (κ1) is 10.2. The molecule has 1 aliphatic rings. The van der Waals surface area contributed by atoms with Crippen LogP contribution in [0.15, 0.2) is 24.3 Å². The average molecular weight is 203 g/mol. The molecule has 1 heterocycles. The lowest BCUT2D eigenvalue weighted by Crippen LogP contribution is -2.15. The number of hydrogen-bond donors (Lipinski definition) is 0. The van der Waals surface area contributed by atoms with Crippen LogP contribution in [0, 0.1) is 0 Å². The fraction of sp³-hybridized carbons (Fsp3) is 0.462. The van der Waals surface area contributed by atoms with Gasteiger partial charge in [-0.2, -0.15) is 0 Å². The van der Waals surface area contributed by atoms with Gasteiger partial charge in [-0.05, 0) is 23.1 Å². The van der Waals surface area contributed by atoms with Gasteiger partial charge in [0, 0.05) is 18.7 Å². The molecule has 0 saturated carbocycles. The highest BCUT2D eigenvalue weighted by molar-refractivity contribution is 5.95. The lowest BCUT2D eigenvalue weighted by Gasteiger charge is -2.19. The zero-order valence-electron chi connectivity index (χ0n) is 9.58. The van der Waals surface area contributed by atoms with Crippen LogP contribution >= 0.6 is 0 Å². The van der Waals surface area contributed by atoms with Gasteiger partial charge < -0.3 is 4.90 Å². The second kappa shape index (κ2) is 3.37. The molecule has 0 radical (unpaired) electrons. The van der Waals surface area contributed by atoms with Gasteiger partial charge in [-0.3, -0.25) is 4.79 Å². The monoisotopic (exact) mass is 203 g/mol. The molecule has 0 aromatic heterocycles. The molecule has 0 atom stereocenters. The zero-order chi connectivity index (χ0) is 11.1. The molecule has 1 aromatic carbocycles. The first-order valence-corrected chi connectivity index (χ1v) is 5.38. The zero-order valence-corrected chi connectivity index (χ0v) is 9.58. The number of carbonyl (C=O) groups is 1. The average Bonchev–Trinajstić information content (AvgIpc) is 2.99. The Morgan fingerprint density at radius 2 is 1.93 bits per heavy atom. The van der Waals surface area contributed by atoms with Crippen molar-refractivity contribution in [2.45, 2.75) is 26.2 Å². The predicted molar refractivity (Wildman–Crippen MR) is 61.0 cm³/mol. The fourth-order valence-corrected chi connectivity index (χ4v) is 1.55. The molecule has 15 heavy (non-hydrogen) atoms. The van der Waals surface area contributed by atoms with E-state index in [-0.39, 0.29) is 11.3 Å². The van der Waals surface area contributed by atoms with Gasteiger partial charge in [0.1, 0.15) is 0 Å². The van der Waals surface area contributed by atoms with Crippen molar-refractivity contribution in [2.75, 3.05) is 13.1 Å². The number of amides is 1. The highest BCUT2D eigenvalue weighted by Crippen LogP contribution is 2.23. The standard InChI is InChI=1S/C13H17NO/c1-13(2,3)11-6-4-5-10(9-11)12(15)14-7-8-14/h4-6,9H,7-8H2,1-3H3. The summed E-state index contributed by atoms with van der Waals surface area (Å²) >= 11 is 0. The third kappa shape index (κ3) is 2.20. The molecule has 0 unspecified atom stereocenters. The summed E-state index contributed by atoms with van der Waals surface area (Å²) in [5.74, 6) is 0.168. The molecule has 0 aliphatic carbocycles. The summed E-state index contributed by atoms with van der Waals surface area (Å²) in [7, 11) is 0. The van der Waals surface area contributed by atoms with Gasteiger partial charge >= 0.3 is 0 Å². The summed E-state index contributed by atoms with van der Waals surface area (Å²) < 4.78 is 0. The number of hydrogen-bond acceptors (Lipinski definition) is 1. The van der Waals surface area contributed by atoms with Crippen LogP contribution in [0.1, 0.15) is 36.7 Å². The van der Waals surface area contributed by atoms with E-state index in [4.69, 9.17) is 0 Å². The number of carbonyl (C=O) groups excluding carboxylic acids is 1. The Kier molecular flexibility index (Phi) is 2.29. The minimum absolute atomic E-state index is 0.106. The molecule has 2 nitrogen and oxygen atoms in total. The Labute approximate surface area is 90.9 Å². The minimum atomic E-state index is 0.106. The maximum absolute atomic E-state index is 11.8. The van der Waals surface area contributed by atoms with Crippen LogP contribution in [0.5, 0.6) is 0 Å². The molecule has 2 rings (SSSR count). The van der Waals surface area contributed by atoms with Crippen LogP contribution in [0.4, 0.5) is 0 Å². The van der Waals surface area contributed by atoms with Crippen LogP contribution in [-0.2, 0) is 5.41 Å². The van der Waals surface area contributed by atoms with E-state index in [1.165, 1.54) is 5.56 Å². The Balaban J connectivity index is 2.29. The highest BCUT2D eigenvalue weighted by Gasteiger charge is 2.25. The third-order valence-electron chi connectivity index (χ3n) is 2.71. The molecule has 80 valence electrons. The summed E-state index contributed by atoms with van der Waals surface area (Å²) in [5, 5.41) is 0. The minimum Gasteiger partial charge on any atom is -0.335 e. The van der Waals surface area contributed by atoms with Gasteiger partial charge in [-0.15, -0.1) is 0 Å². The largest absolute Gasteiger partial charge is 0.335 e. The summed E-state index contributed by atoms with van der Waals surface area (Å²) in [4.78, 5) is 13.7. The summed E-state index contributed by atoms with van der Waals surface area (Å²) in [6.45, 7) is 8.31. The van der Waals surface area contributed by atoms with E-state index < -0.39 is 0 Å². The highest BCUT2D eigenvalue weighted by atomic mass is 16.2. The summed E-state index contributed by atoms with van der Waals surface area (Å²) in [5.41, 5.74) is 2.14. The van der Waals surface area contributed by atoms with Gasteiger partial charge in [0.05, 0.1) is 0 Å². The Morgan fingerprint density at radius 1 is 1.27 bits per heavy atom. The molecule has 0 bridgehead atoms. The van der Waals surface area contributed by atoms with Crippen molar-refractivity contribution in [1.29, 1.82) is 0 Å². The van der Waals surface area contributed by atoms with Crippen LogP contribution < -0.4 is 0 Å². The molecule has 1 aliphatic heterocycles. The molecule has 1 saturated heterocycles. The maximum atomic E-state index is 11.8. The van der Waals surface area contributed by atoms with Gasteiger partial charge in [0.2, 0.25) is 0 Å². The molecule has 0 spiro atoms. The Bertz CT molecular complexity index is 386. The quantitative estimate of drug-likeness (QED) is 0.642. The van der Waals surface area contributed by atoms with Gasteiger partial charge in [0.25, 0.3) is 5.91 Å². The topological polar surface area (TPSA) is 20.1 Å². The van der Waals surface area contributed by atoms with Crippen LogP contribution in [0.2, 0.25) is 0 Å². The van der Waals surface area contributed by atoms with Crippen molar-refractivity contribution in [3.8, 4) is 0 Å². The van der Waals surface area contributed by atoms with E-state index in [1.807, 2.05) is 23.1 Å². The van der Waals surface area contributed by atoms with Crippen LogP contribution in [-0.4, -0.2) is 23.9 Å². The normalized spacial score (nSPS) is 15.3. The smallest absolute Gasteiger partial charge is 0.253 e. The molecular formula is C13H17NO. The molecular weight excluding hydrogens is 186 g/mol. The van der Waals surface area contributed by atoms with Crippen molar-refractivity contribution in [1.82, 2.24) is 4.90 Å². The first-order chi connectivity index (χ1) is 6.98. The van der Waals surface area contributed by atoms with Crippen LogP contribution in [0.25, 0.3) is 0 Å². The third-order valence-corrected chi connectivity index (χ3v) is 2.71. The SMILES string of the molecule is CC(C)(C)c1cccc(C(=O)N2CC2)c1. The molecule has 0 N–H and O–H groups in total. The van der Waals surface area contributed by atoms with E-state index in [9.17, 15) is 4.79 Å². The van der Waals surface area contributed by atoms with Gasteiger partial charge in [0.15, 0.2) is 0 Å². The Morgan fingerprint density at radius 3 is 2.47 bits per heavy atom. The second-order valence-electron chi connectivity index (χ2n) is 5.12. The van der Waals surface area contributed by atoms with E-state index in [1.54, 1.807) is 0 Å². The van der Waals surface area contributed by atoms with E-state index in [2.05, 4.69) is 26.8 Å². The Hall–Kier alpha value is -1.31. The predicted octanol–water partition coefficient (Wildman–Crippen LogP) is 2.44. The lowest BCUT2D eigenvalue weighted by atomic mass is 9.86. The van der Waals surface area contributed by atoms with Crippen molar-refractivity contribution in [3.05, 3.63) is 35.4 Å². The number of nitrogens with zero attached hydrogens (tertiary/aromatic N) is 1. The van der Waals surface area contributed by atoms with Crippen molar-refractivity contribution in [2.24, 2.45) is 0 Å². The molecule has 1 aromatic rings. The van der Waals surface area contributed by atoms with E-state index in [0.29, 0.717) is 0 Å². The lowest BCUT2D eigenvalue weighted by molar-refractivity contribution is 0.0885. The summed E-state index contributed by atoms with van der Waals surface area (Å²) in [6.07, 6.45) is 0. The van der Waals surface area contributed by atoms with E-state index >= 15 is 0 Å². The molecule has 1 amide bonds. The van der Waals surface area contributed by atoms with E-state index in [0.717, 1.165) is 18.7 Å². The van der Waals surface area contributed by atoms with Gasteiger partial charge in [-0.25, -0.2) is 0 Å². The van der Waals surface area contributed by atoms with Crippen molar-refractivity contribution in [3.63, 3.8) is 0 Å². The fourth-order valence-electron chi connectivity index (χ4n) is 1.55.